The van der Waals surface area contributed by atoms with Gasteiger partial charge in [-0.3, -0.25) is 43.2 Å². The van der Waals surface area contributed by atoms with Crippen molar-refractivity contribution in [1.29, 1.82) is 0 Å². The van der Waals surface area contributed by atoms with E-state index >= 15 is 0 Å². The van der Waals surface area contributed by atoms with Gasteiger partial charge in [0.05, 0.1) is 35.0 Å². The molecular weight excluding hydrogens is 985 g/mol. The predicted octanol–water partition coefficient (Wildman–Crippen LogP) is 2.10. The van der Waals surface area contributed by atoms with Crippen LogP contribution in [0.25, 0.3) is 0 Å². The zero-order valence-corrected chi connectivity index (χ0v) is 44.4. The largest absolute Gasteiger partial charge is 0.387 e. The smallest absolute Gasteiger partial charge is 0.292 e. The summed E-state index contributed by atoms with van der Waals surface area (Å²) in [6, 6.07) is 6.42. The minimum Gasteiger partial charge on any atom is -0.387 e. The molecule has 8 amide bonds. The van der Waals surface area contributed by atoms with Crippen LogP contribution in [0.4, 0.5) is 34.4 Å². The van der Waals surface area contributed by atoms with Crippen LogP contribution in [0.15, 0.2) is 61.4 Å². The Morgan fingerprint density at radius 3 is 1.43 bits per heavy atom. The third-order valence-electron chi connectivity index (χ3n) is 11.3. The van der Waals surface area contributed by atoms with E-state index in [2.05, 4.69) is 57.8 Å². The molecule has 9 N–H and O–H groups in total. The quantitative estimate of drug-likeness (QED) is 0.0348. The minimum atomic E-state index is -0.594. The standard InChI is InChI=1S/C29H35N11O6.C20H31N7O3/c1-16(41)20-10-18(12-37(20)3)32-24(43)8-7-9-30-27(44)21-11-19(13-38(21)4)33-28(45)25-35-23(15-40(25)6)36-29(46)26-34-22(14-39(26)5)31-17(2)42;1-21-14-9-17(26(4)12-14)20(30)24-15-10-16(27(5)13-15)19(29)23-11-18(28)22-7-6-8-25(2)3/h10-15H,7-9H2,1-6H3,(H,30,44)(H,31,42)(H,32,43)(H,33,45)(H,36,46);9-10,12-13,21H,6-8,11H2,1-5H3,(H,22,28)(H,23,29)(H,24,30). The summed E-state index contributed by atoms with van der Waals surface area (Å²) in [6.07, 6.45) is 11.0. The highest BCUT2D eigenvalue weighted by Gasteiger charge is 2.22. The summed E-state index contributed by atoms with van der Waals surface area (Å²) in [6.45, 7) is 4.34. The average Bonchev–Trinajstić information content (AvgIpc) is 4.21. The van der Waals surface area contributed by atoms with E-state index in [0.717, 1.165) is 18.7 Å². The van der Waals surface area contributed by atoms with E-state index in [0.29, 0.717) is 47.1 Å². The van der Waals surface area contributed by atoms with Gasteiger partial charge in [-0.15, -0.1) is 0 Å². The highest BCUT2D eigenvalue weighted by Crippen LogP contribution is 2.19. The van der Waals surface area contributed by atoms with Crippen LogP contribution in [0.5, 0.6) is 0 Å². The van der Waals surface area contributed by atoms with Crippen LogP contribution < -0.4 is 47.9 Å². The molecule has 6 aromatic rings. The molecule has 6 heterocycles. The molecule has 406 valence electrons. The molecule has 0 aliphatic heterocycles. The molecule has 0 unspecified atom stereocenters. The van der Waals surface area contributed by atoms with Crippen LogP contribution in [0.2, 0.25) is 0 Å². The van der Waals surface area contributed by atoms with Gasteiger partial charge in [-0.2, -0.15) is 0 Å². The molecule has 6 rings (SSSR count). The number of carbonyl (C=O) groups excluding carboxylic acids is 9. The monoisotopic (exact) mass is 1050 g/mol. The number of imidazole rings is 2. The van der Waals surface area contributed by atoms with E-state index in [4.69, 9.17) is 0 Å². The van der Waals surface area contributed by atoms with Crippen molar-refractivity contribution in [2.75, 3.05) is 79.2 Å². The molecule has 0 fully saturated rings. The summed E-state index contributed by atoms with van der Waals surface area (Å²) in [7, 11) is 15.8. The van der Waals surface area contributed by atoms with Crippen molar-refractivity contribution in [3.8, 4) is 0 Å². The minimum absolute atomic E-state index is 0.00442. The zero-order valence-electron chi connectivity index (χ0n) is 44.4. The number of aryl methyl sites for hydroxylation is 6. The number of nitrogens with zero attached hydrogens (tertiary/aromatic N) is 9. The molecule has 0 saturated carbocycles. The molecule has 0 saturated heterocycles. The first kappa shape index (κ1) is 57.6. The van der Waals surface area contributed by atoms with Gasteiger partial charge in [-0.25, -0.2) is 9.97 Å². The van der Waals surface area contributed by atoms with Gasteiger partial charge in [-0.1, -0.05) is 0 Å². The fourth-order valence-corrected chi connectivity index (χ4v) is 7.54. The van der Waals surface area contributed by atoms with Crippen molar-refractivity contribution < 1.29 is 43.2 Å². The summed E-state index contributed by atoms with van der Waals surface area (Å²) in [4.78, 5) is 121. The van der Waals surface area contributed by atoms with Crippen molar-refractivity contribution in [3.05, 3.63) is 95.9 Å². The molecule has 0 aliphatic rings. The van der Waals surface area contributed by atoms with Gasteiger partial charge in [0.2, 0.25) is 29.4 Å². The van der Waals surface area contributed by atoms with Crippen LogP contribution in [-0.4, -0.2) is 143 Å². The summed E-state index contributed by atoms with van der Waals surface area (Å²) in [5.41, 5.74) is 3.78. The number of rotatable bonds is 22. The van der Waals surface area contributed by atoms with Gasteiger partial charge >= 0.3 is 0 Å². The van der Waals surface area contributed by atoms with Crippen LogP contribution in [0, 0.1) is 0 Å². The number of nitrogens with one attached hydrogen (secondary N) is 9. The fourth-order valence-electron chi connectivity index (χ4n) is 7.54. The number of hydrogen-bond acceptors (Lipinski definition) is 13. The SMILES string of the molecule is CC(=O)Nc1cn(C)c(C(=O)Nc2cn(C)c(C(=O)Nc3cc(C(=O)NCCCC(=O)Nc4cc(C(C)=O)n(C)c4)n(C)c3)n2)n1.CNc1cc(C(=O)Nc2cc(C(=O)NCC(=O)NCCCN(C)C)n(C)c2)n(C)c1. The first-order chi connectivity index (χ1) is 35.9. The maximum absolute atomic E-state index is 13.0. The van der Waals surface area contributed by atoms with Crippen molar-refractivity contribution in [2.45, 2.75) is 33.1 Å². The fraction of sp³-hybridized carbons (Fsp3) is 0.367. The molecule has 76 heavy (non-hydrogen) atoms. The molecular formula is C49H66N18O9. The van der Waals surface area contributed by atoms with Gasteiger partial charge in [-0.05, 0) is 57.7 Å². The molecule has 0 aliphatic carbocycles. The van der Waals surface area contributed by atoms with Crippen LogP contribution in [0.3, 0.4) is 0 Å². The topological polar surface area (TPSA) is 320 Å². The molecule has 0 bridgehead atoms. The van der Waals surface area contributed by atoms with Crippen LogP contribution >= 0.6 is 0 Å². The zero-order chi connectivity index (χ0) is 56.0. The lowest BCUT2D eigenvalue weighted by molar-refractivity contribution is -0.120. The predicted molar refractivity (Wildman–Crippen MR) is 284 cm³/mol. The Hall–Kier alpha value is -9.27. The van der Waals surface area contributed by atoms with Crippen LogP contribution in [-0.2, 0) is 56.7 Å². The first-order valence-electron chi connectivity index (χ1n) is 23.8. The number of ketones is 1. The average molecular weight is 1050 g/mol. The van der Waals surface area contributed by atoms with E-state index in [1.807, 2.05) is 25.2 Å². The van der Waals surface area contributed by atoms with E-state index in [9.17, 15) is 43.2 Å². The summed E-state index contributed by atoms with van der Waals surface area (Å²) in [5, 5.41) is 24.4. The molecule has 0 atom stereocenters. The van der Waals surface area contributed by atoms with E-state index < -0.39 is 23.6 Å². The molecule has 0 spiro atoms. The molecule has 27 heteroatoms. The van der Waals surface area contributed by atoms with Crippen LogP contribution in [0.1, 0.15) is 96.3 Å². The Morgan fingerprint density at radius 1 is 0.474 bits per heavy atom. The van der Waals surface area contributed by atoms with Crippen molar-refractivity contribution in [1.82, 2.24) is 58.2 Å². The van der Waals surface area contributed by atoms with Gasteiger partial charge in [0.25, 0.3) is 29.5 Å². The van der Waals surface area contributed by atoms with Gasteiger partial charge in [0, 0.05) is 120 Å². The lowest BCUT2D eigenvalue weighted by atomic mass is 10.2. The normalized spacial score (nSPS) is 10.7. The maximum Gasteiger partial charge on any atom is 0.292 e. The van der Waals surface area contributed by atoms with Gasteiger partial charge < -0.3 is 80.2 Å². The lowest BCUT2D eigenvalue weighted by Crippen LogP contribution is -2.38. The van der Waals surface area contributed by atoms with Crippen molar-refractivity contribution >= 4 is 87.4 Å². The number of aromatic nitrogens is 8. The molecule has 6 aromatic heterocycles. The summed E-state index contributed by atoms with van der Waals surface area (Å²) in [5.74, 6) is -2.83. The Labute approximate surface area is 438 Å². The van der Waals surface area contributed by atoms with Crippen molar-refractivity contribution in [2.24, 2.45) is 42.3 Å². The van der Waals surface area contributed by atoms with Crippen molar-refractivity contribution in [3.63, 3.8) is 0 Å². The Balaban J connectivity index is 0.000000308. The second-order valence-electron chi connectivity index (χ2n) is 18.0. The molecule has 0 aromatic carbocycles. The Kier molecular flexibility index (Phi) is 19.8. The summed E-state index contributed by atoms with van der Waals surface area (Å²) < 4.78 is 9.37. The highest BCUT2D eigenvalue weighted by molar-refractivity contribution is 6.06. The number of anilines is 6. The van der Waals surface area contributed by atoms with E-state index in [-0.39, 0.29) is 77.9 Å². The lowest BCUT2D eigenvalue weighted by Gasteiger charge is -2.10. The maximum atomic E-state index is 13.0. The Morgan fingerprint density at radius 2 is 0.921 bits per heavy atom. The second kappa shape index (κ2) is 26.1. The highest BCUT2D eigenvalue weighted by atomic mass is 16.2. The second-order valence-corrected chi connectivity index (χ2v) is 18.0. The number of hydrogen-bond donors (Lipinski definition) is 9. The molecule has 27 nitrogen and oxygen atoms in total. The third-order valence-corrected chi connectivity index (χ3v) is 11.3. The molecule has 0 radical (unpaired) electrons. The first-order valence-corrected chi connectivity index (χ1v) is 23.8. The third kappa shape index (κ3) is 16.1. The van der Waals surface area contributed by atoms with E-state index in [1.54, 1.807) is 104 Å². The summed E-state index contributed by atoms with van der Waals surface area (Å²) >= 11 is 0. The Bertz CT molecular complexity index is 3130. The van der Waals surface area contributed by atoms with E-state index in [1.165, 1.54) is 41.4 Å². The number of Topliss-reactive ketones (excluding diaryl/α,β-unsaturated/α-hetero) is 1. The van der Waals surface area contributed by atoms with Gasteiger partial charge in [0.1, 0.15) is 17.1 Å². The number of amides is 8. The van der Waals surface area contributed by atoms with Gasteiger partial charge in [0.15, 0.2) is 17.4 Å². The number of carbonyl (C=O) groups is 9.